The van der Waals surface area contributed by atoms with Crippen molar-refractivity contribution >= 4 is 22.8 Å². The number of benzene rings is 1. The predicted molar refractivity (Wildman–Crippen MR) is 57.1 cm³/mol. The minimum absolute atomic E-state index is 0.162. The molecule has 0 aliphatic carbocycles. The summed E-state index contributed by atoms with van der Waals surface area (Å²) in [6.07, 6.45) is 1.48. The van der Waals surface area contributed by atoms with E-state index in [0.29, 0.717) is 11.1 Å². The van der Waals surface area contributed by atoms with Crippen LogP contribution >= 0.6 is 11.6 Å². The van der Waals surface area contributed by atoms with Crippen LogP contribution < -0.4 is 0 Å². The van der Waals surface area contributed by atoms with Crippen LogP contribution in [0, 0.1) is 0 Å². The molecule has 0 fully saturated rings. The number of carbonyl (C=O) groups is 2. The molecule has 78 valence electrons. The van der Waals surface area contributed by atoms with Crippen molar-refractivity contribution in [1.29, 1.82) is 0 Å². The molecule has 0 unspecified atom stereocenters. The Balaban J connectivity index is 2.75. The summed E-state index contributed by atoms with van der Waals surface area (Å²) in [5.74, 6) is -0.455. The molecular weight excluding hydrogens is 216 g/mol. The third-order valence-electron chi connectivity index (χ3n) is 1.68. The molecule has 0 spiro atoms. The molecule has 0 heterocycles. The fourth-order valence-corrected chi connectivity index (χ4v) is 1.08. The zero-order chi connectivity index (χ0) is 11.3. The lowest BCUT2D eigenvalue weighted by molar-refractivity contribution is 0.0549. The highest BCUT2D eigenvalue weighted by atomic mass is 35.5. The molecule has 1 aromatic carbocycles. The first-order chi connectivity index (χ1) is 7.15. The van der Waals surface area contributed by atoms with Crippen molar-refractivity contribution in [3.8, 4) is 0 Å². The molecule has 4 heteroatoms. The maximum absolute atomic E-state index is 11.3. The summed E-state index contributed by atoms with van der Waals surface area (Å²) in [5, 5.41) is -0.555. The van der Waals surface area contributed by atoms with Crippen LogP contribution in [0.4, 0.5) is 0 Å². The van der Waals surface area contributed by atoms with Gasteiger partial charge in [0, 0.05) is 5.56 Å². The van der Waals surface area contributed by atoms with Gasteiger partial charge < -0.3 is 4.74 Å². The summed E-state index contributed by atoms with van der Waals surface area (Å²) in [4.78, 5) is 22.0. The van der Waals surface area contributed by atoms with Gasteiger partial charge in [-0.15, -0.1) is 0 Å². The summed E-state index contributed by atoms with van der Waals surface area (Å²) in [5.41, 5.74) is 0.718. The van der Waals surface area contributed by atoms with Gasteiger partial charge in [-0.05, 0) is 35.9 Å². The van der Waals surface area contributed by atoms with Crippen molar-refractivity contribution in [3.63, 3.8) is 0 Å². The highest BCUT2D eigenvalue weighted by molar-refractivity contribution is 6.67. The topological polar surface area (TPSA) is 43.4 Å². The monoisotopic (exact) mass is 224 g/mol. The van der Waals surface area contributed by atoms with Gasteiger partial charge in [-0.25, -0.2) is 4.79 Å². The third-order valence-corrected chi connectivity index (χ3v) is 1.90. The molecule has 0 atom stereocenters. The highest BCUT2D eigenvalue weighted by Gasteiger charge is 2.07. The Kier molecular flexibility index (Phi) is 4.06. The molecule has 0 bridgehead atoms. The van der Waals surface area contributed by atoms with Crippen molar-refractivity contribution in [3.05, 3.63) is 48.0 Å². The minimum atomic E-state index is -0.555. The van der Waals surface area contributed by atoms with Gasteiger partial charge in [-0.3, -0.25) is 4.79 Å². The molecular formula is C11H9ClO3. The van der Waals surface area contributed by atoms with E-state index >= 15 is 0 Å². The second-order valence-electron chi connectivity index (χ2n) is 2.74. The smallest absolute Gasteiger partial charge is 0.338 e. The quantitative estimate of drug-likeness (QED) is 0.448. The van der Waals surface area contributed by atoms with Crippen LogP contribution in [0.15, 0.2) is 36.9 Å². The van der Waals surface area contributed by atoms with Crippen molar-refractivity contribution < 1.29 is 14.3 Å². The Morgan fingerprint density at radius 2 is 1.80 bits per heavy atom. The number of ether oxygens (including phenoxy) is 1. The summed E-state index contributed by atoms with van der Waals surface area (Å²) in [7, 11) is 0. The van der Waals surface area contributed by atoms with Crippen LogP contribution in [0.3, 0.4) is 0 Å². The van der Waals surface area contributed by atoms with Crippen molar-refractivity contribution in [2.75, 3.05) is 6.61 Å². The number of hydrogen-bond donors (Lipinski definition) is 0. The van der Waals surface area contributed by atoms with Crippen molar-refractivity contribution in [2.24, 2.45) is 0 Å². The Bertz CT molecular complexity index is 381. The van der Waals surface area contributed by atoms with Gasteiger partial charge in [0.25, 0.3) is 5.24 Å². The summed E-state index contributed by atoms with van der Waals surface area (Å²) >= 11 is 5.25. The second kappa shape index (κ2) is 5.32. The Hall–Kier alpha value is -1.61. The van der Waals surface area contributed by atoms with E-state index in [1.807, 2.05) is 0 Å². The van der Waals surface area contributed by atoms with E-state index in [1.165, 1.54) is 30.3 Å². The number of hydrogen-bond acceptors (Lipinski definition) is 3. The second-order valence-corrected chi connectivity index (χ2v) is 3.08. The highest BCUT2D eigenvalue weighted by Crippen LogP contribution is 2.08. The normalized spacial score (nSPS) is 9.40. The first kappa shape index (κ1) is 11.5. The number of rotatable bonds is 4. The van der Waals surface area contributed by atoms with Crippen LogP contribution in [0.25, 0.3) is 0 Å². The van der Waals surface area contributed by atoms with E-state index in [9.17, 15) is 9.59 Å². The maximum atomic E-state index is 11.3. The fraction of sp³-hybridized carbons (Fsp3) is 0.0909. The first-order valence-corrected chi connectivity index (χ1v) is 4.61. The van der Waals surface area contributed by atoms with Gasteiger partial charge in [-0.1, -0.05) is 12.7 Å². The lowest BCUT2D eigenvalue weighted by Gasteiger charge is -2.01. The molecule has 0 amide bonds. The molecule has 3 nitrogen and oxygen atoms in total. The average molecular weight is 225 g/mol. The molecule has 1 aromatic rings. The van der Waals surface area contributed by atoms with Crippen LogP contribution in [-0.4, -0.2) is 17.8 Å². The third kappa shape index (κ3) is 3.22. The van der Waals surface area contributed by atoms with E-state index in [0.717, 1.165) is 0 Å². The van der Waals surface area contributed by atoms with Gasteiger partial charge in [0.15, 0.2) is 0 Å². The van der Waals surface area contributed by atoms with E-state index in [4.69, 9.17) is 16.3 Å². The lowest BCUT2D eigenvalue weighted by atomic mass is 10.1. The van der Waals surface area contributed by atoms with E-state index in [2.05, 4.69) is 6.58 Å². The molecule has 1 rings (SSSR count). The van der Waals surface area contributed by atoms with Crippen LogP contribution in [0.2, 0.25) is 0 Å². The lowest BCUT2D eigenvalue weighted by Crippen LogP contribution is -2.05. The molecule has 0 N–H and O–H groups in total. The SMILES string of the molecule is C=CCOC(=O)c1ccc(C(=O)Cl)cc1. The number of carbonyl (C=O) groups excluding carboxylic acids is 2. The molecule has 0 aromatic heterocycles. The Morgan fingerprint density at radius 3 is 2.27 bits per heavy atom. The van der Waals surface area contributed by atoms with Crippen LogP contribution in [-0.2, 0) is 4.74 Å². The molecule has 0 aliphatic heterocycles. The first-order valence-electron chi connectivity index (χ1n) is 4.23. The van der Waals surface area contributed by atoms with Gasteiger partial charge in [0.1, 0.15) is 6.61 Å². The maximum Gasteiger partial charge on any atom is 0.338 e. The minimum Gasteiger partial charge on any atom is -0.458 e. The van der Waals surface area contributed by atoms with Crippen LogP contribution in [0.1, 0.15) is 20.7 Å². The van der Waals surface area contributed by atoms with Gasteiger partial charge >= 0.3 is 5.97 Å². The van der Waals surface area contributed by atoms with E-state index in [1.54, 1.807) is 0 Å². The standard InChI is InChI=1S/C11H9ClO3/c1-2-7-15-11(14)9-5-3-8(4-6-9)10(12)13/h2-6H,1,7H2. The molecule has 0 aliphatic rings. The van der Waals surface area contributed by atoms with Gasteiger partial charge in [0.05, 0.1) is 5.56 Å². The Labute approximate surface area is 92.3 Å². The Morgan fingerprint density at radius 1 is 1.27 bits per heavy atom. The number of esters is 1. The van der Waals surface area contributed by atoms with Crippen LogP contribution in [0.5, 0.6) is 0 Å². The predicted octanol–water partition coefficient (Wildman–Crippen LogP) is 2.41. The number of halogens is 1. The average Bonchev–Trinajstić information content (AvgIpc) is 2.26. The zero-order valence-corrected chi connectivity index (χ0v) is 8.66. The fourth-order valence-electron chi connectivity index (χ4n) is 0.955. The summed E-state index contributed by atoms with van der Waals surface area (Å²) < 4.78 is 4.80. The molecule has 0 radical (unpaired) electrons. The van der Waals surface area contributed by atoms with Crippen molar-refractivity contribution in [1.82, 2.24) is 0 Å². The van der Waals surface area contributed by atoms with Gasteiger partial charge in [-0.2, -0.15) is 0 Å². The summed E-state index contributed by atoms with van der Waals surface area (Å²) in [6, 6.07) is 5.92. The van der Waals surface area contributed by atoms with E-state index in [-0.39, 0.29) is 6.61 Å². The van der Waals surface area contributed by atoms with E-state index < -0.39 is 11.2 Å². The molecule has 0 saturated carbocycles. The molecule has 0 saturated heterocycles. The van der Waals surface area contributed by atoms with Gasteiger partial charge in [0.2, 0.25) is 0 Å². The largest absolute Gasteiger partial charge is 0.458 e. The summed E-state index contributed by atoms with van der Waals surface area (Å²) in [6.45, 7) is 3.59. The van der Waals surface area contributed by atoms with Crippen molar-refractivity contribution in [2.45, 2.75) is 0 Å². The zero-order valence-electron chi connectivity index (χ0n) is 7.90. The molecule has 15 heavy (non-hydrogen) atoms.